The Bertz CT molecular complexity index is 415. The first-order valence-corrected chi connectivity index (χ1v) is 7.91. The summed E-state index contributed by atoms with van der Waals surface area (Å²) in [4.78, 5) is 2.52. The maximum absolute atomic E-state index is 13.4. The number of benzene rings is 1. The van der Waals surface area contributed by atoms with Crippen molar-refractivity contribution in [3.8, 4) is 0 Å². The molecule has 0 radical (unpaired) electrons. The molecular formula is C15H24BrCl2FN2. The lowest BCUT2D eigenvalue weighted by Crippen LogP contribution is -2.45. The summed E-state index contributed by atoms with van der Waals surface area (Å²) in [6.07, 6.45) is 3.56. The van der Waals surface area contributed by atoms with E-state index in [-0.39, 0.29) is 30.6 Å². The molecule has 21 heavy (non-hydrogen) atoms. The van der Waals surface area contributed by atoms with Crippen LogP contribution in [0.3, 0.4) is 0 Å². The smallest absolute Gasteiger partial charge is 0.137 e. The molecule has 0 saturated carbocycles. The highest BCUT2D eigenvalue weighted by atomic mass is 79.9. The van der Waals surface area contributed by atoms with E-state index >= 15 is 0 Å². The monoisotopic (exact) mass is 400 g/mol. The van der Waals surface area contributed by atoms with E-state index in [9.17, 15) is 4.39 Å². The number of hydrogen-bond acceptors (Lipinski definition) is 2. The number of nitrogens with zero attached hydrogens (tertiary/aromatic N) is 1. The molecule has 0 spiro atoms. The van der Waals surface area contributed by atoms with Crippen LogP contribution in [0.4, 0.5) is 4.39 Å². The summed E-state index contributed by atoms with van der Waals surface area (Å²) in [5, 5.41) is 3.39. The molecule has 0 amide bonds. The Kier molecular flexibility index (Phi) is 10.9. The maximum atomic E-state index is 13.4. The van der Waals surface area contributed by atoms with Gasteiger partial charge in [0, 0.05) is 32.2 Å². The number of rotatable bonds is 5. The van der Waals surface area contributed by atoms with Crippen LogP contribution in [0.25, 0.3) is 0 Å². The van der Waals surface area contributed by atoms with Crippen LogP contribution in [0.2, 0.25) is 0 Å². The number of halogens is 4. The van der Waals surface area contributed by atoms with Crippen molar-refractivity contribution in [1.82, 2.24) is 10.2 Å². The molecule has 2 nitrogen and oxygen atoms in total. The van der Waals surface area contributed by atoms with E-state index in [1.807, 2.05) is 12.1 Å². The van der Waals surface area contributed by atoms with E-state index in [1.54, 1.807) is 6.07 Å². The van der Waals surface area contributed by atoms with Crippen molar-refractivity contribution >= 4 is 40.7 Å². The van der Waals surface area contributed by atoms with E-state index in [0.717, 1.165) is 32.6 Å². The highest BCUT2D eigenvalue weighted by Crippen LogP contribution is 2.29. The molecule has 1 aliphatic heterocycles. The van der Waals surface area contributed by atoms with Crippen LogP contribution in [0.15, 0.2) is 22.7 Å². The van der Waals surface area contributed by atoms with E-state index < -0.39 is 0 Å². The molecule has 1 fully saturated rings. The lowest BCUT2D eigenvalue weighted by atomic mass is 9.99. The normalized spacial score (nSPS) is 16.7. The predicted octanol–water partition coefficient (Wildman–Crippen LogP) is 4.57. The first kappa shape index (κ1) is 21.1. The summed E-state index contributed by atoms with van der Waals surface area (Å²) in [6.45, 7) is 6.46. The molecule has 0 aliphatic carbocycles. The van der Waals surface area contributed by atoms with Crippen molar-refractivity contribution < 1.29 is 4.39 Å². The van der Waals surface area contributed by atoms with Crippen LogP contribution in [-0.4, -0.2) is 31.1 Å². The summed E-state index contributed by atoms with van der Waals surface area (Å²) in [6, 6.07) is 5.86. The van der Waals surface area contributed by atoms with Crippen LogP contribution in [0.5, 0.6) is 0 Å². The summed E-state index contributed by atoms with van der Waals surface area (Å²) in [7, 11) is 0. The minimum absolute atomic E-state index is 0. The van der Waals surface area contributed by atoms with E-state index in [2.05, 4.69) is 33.1 Å². The average Bonchev–Trinajstić information content (AvgIpc) is 2.44. The third-order valence-corrected chi connectivity index (χ3v) is 4.36. The van der Waals surface area contributed by atoms with Crippen LogP contribution in [0, 0.1) is 5.82 Å². The molecule has 1 N–H and O–H groups in total. The van der Waals surface area contributed by atoms with Gasteiger partial charge in [0.05, 0.1) is 4.47 Å². The lowest BCUT2D eigenvalue weighted by molar-refractivity contribution is 0.163. The van der Waals surface area contributed by atoms with Crippen molar-refractivity contribution in [3.05, 3.63) is 34.1 Å². The zero-order chi connectivity index (χ0) is 13.7. The van der Waals surface area contributed by atoms with Gasteiger partial charge >= 0.3 is 0 Å². The molecule has 122 valence electrons. The highest BCUT2D eigenvalue weighted by molar-refractivity contribution is 9.10. The van der Waals surface area contributed by atoms with Crippen LogP contribution < -0.4 is 5.32 Å². The number of hydrogen-bond donors (Lipinski definition) is 1. The number of unbranched alkanes of at least 4 members (excludes halogenated alkanes) is 1. The number of nitrogens with one attached hydrogen (secondary N) is 1. The van der Waals surface area contributed by atoms with Crippen LogP contribution in [-0.2, 0) is 0 Å². The van der Waals surface area contributed by atoms with Crippen molar-refractivity contribution in [2.24, 2.45) is 0 Å². The Morgan fingerprint density at radius 3 is 2.52 bits per heavy atom. The standard InChI is InChI=1S/C15H22BrFN2.2ClH/c1-2-3-4-15(19-9-7-18-8-10-19)12-5-6-14(17)13(16)11-12;;/h5-6,11,15,18H,2-4,7-10H2,1H3;2*1H/t15-;;/m0../s1. The maximum Gasteiger partial charge on any atom is 0.137 e. The van der Waals surface area contributed by atoms with Gasteiger partial charge in [0.2, 0.25) is 0 Å². The fraction of sp³-hybridized carbons (Fsp3) is 0.600. The van der Waals surface area contributed by atoms with Crippen LogP contribution in [0.1, 0.15) is 37.8 Å². The zero-order valence-electron chi connectivity index (χ0n) is 12.3. The molecule has 0 bridgehead atoms. The Balaban J connectivity index is 0.00000200. The Morgan fingerprint density at radius 1 is 1.29 bits per heavy atom. The molecule has 1 heterocycles. The largest absolute Gasteiger partial charge is 0.314 e. The summed E-state index contributed by atoms with van der Waals surface area (Å²) in [5.41, 5.74) is 1.23. The van der Waals surface area contributed by atoms with Gasteiger partial charge in [0.15, 0.2) is 0 Å². The Labute approximate surface area is 147 Å². The second-order valence-electron chi connectivity index (χ2n) is 5.12. The van der Waals surface area contributed by atoms with Crippen molar-refractivity contribution in [2.45, 2.75) is 32.2 Å². The van der Waals surface area contributed by atoms with E-state index in [1.165, 1.54) is 18.4 Å². The van der Waals surface area contributed by atoms with Gasteiger partial charge in [-0.15, -0.1) is 24.8 Å². The summed E-state index contributed by atoms with van der Waals surface area (Å²) >= 11 is 3.30. The van der Waals surface area contributed by atoms with Gasteiger partial charge in [-0.25, -0.2) is 4.39 Å². The van der Waals surface area contributed by atoms with Gasteiger partial charge in [-0.05, 0) is 40.0 Å². The third kappa shape index (κ3) is 6.03. The van der Waals surface area contributed by atoms with E-state index in [0.29, 0.717) is 10.5 Å². The fourth-order valence-electron chi connectivity index (χ4n) is 2.67. The van der Waals surface area contributed by atoms with Crippen LogP contribution >= 0.6 is 40.7 Å². The first-order chi connectivity index (χ1) is 9.22. The van der Waals surface area contributed by atoms with Gasteiger partial charge in [-0.2, -0.15) is 0 Å². The second-order valence-corrected chi connectivity index (χ2v) is 5.97. The summed E-state index contributed by atoms with van der Waals surface area (Å²) in [5.74, 6) is -0.182. The second kappa shape index (κ2) is 10.8. The molecule has 1 aliphatic rings. The molecule has 6 heteroatoms. The lowest BCUT2D eigenvalue weighted by Gasteiger charge is -2.35. The molecule has 1 atom stereocenters. The molecular weight excluding hydrogens is 378 g/mol. The van der Waals surface area contributed by atoms with Gasteiger partial charge in [-0.1, -0.05) is 25.8 Å². The predicted molar refractivity (Wildman–Crippen MR) is 95.3 cm³/mol. The summed E-state index contributed by atoms with van der Waals surface area (Å²) < 4.78 is 14.0. The highest BCUT2D eigenvalue weighted by Gasteiger charge is 2.22. The van der Waals surface area contributed by atoms with Crippen molar-refractivity contribution in [3.63, 3.8) is 0 Å². The minimum Gasteiger partial charge on any atom is -0.314 e. The molecule has 0 unspecified atom stereocenters. The SMILES string of the molecule is CCCC[C@@H](c1ccc(F)c(Br)c1)N1CCNCC1.Cl.Cl. The zero-order valence-corrected chi connectivity index (χ0v) is 15.5. The fourth-order valence-corrected chi connectivity index (χ4v) is 3.07. The van der Waals surface area contributed by atoms with Crippen molar-refractivity contribution in [1.29, 1.82) is 0 Å². The van der Waals surface area contributed by atoms with E-state index in [4.69, 9.17) is 0 Å². The molecule has 2 rings (SSSR count). The third-order valence-electron chi connectivity index (χ3n) is 3.75. The topological polar surface area (TPSA) is 15.3 Å². The Hall–Kier alpha value is 0.130. The molecule has 0 aromatic heterocycles. The van der Waals surface area contributed by atoms with Crippen molar-refractivity contribution in [2.75, 3.05) is 26.2 Å². The quantitative estimate of drug-likeness (QED) is 0.777. The van der Waals surface area contributed by atoms with Gasteiger partial charge in [0.1, 0.15) is 5.82 Å². The molecule has 1 aromatic rings. The minimum atomic E-state index is -0.182. The number of piperazine rings is 1. The Morgan fingerprint density at radius 2 is 1.95 bits per heavy atom. The first-order valence-electron chi connectivity index (χ1n) is 7.12. The molecule has 1 saturated heterocycles. The average molecular weight is 402 g/mol. The van der Waals surface area contributed by atoms with Gasteiger partial charge in [-0.3, -0.25) is 4.90 Å². The molecule has 1 aromatic carbocycles. The van der Waals surface area contributed by atoms with Gasteiger partial charge in [0.25, 0.3) is 0 Å². The van der Waals surface area contributed by atoms with Gasteiger partial charge < -0.3 is 5.32 Å².